The van der Waals surface area contributed by atoms with E-state index in [-0.39, 0.29) is 6.04 Å². The number of hydrogen-bond acceptors (Lipinski definition) is 2. The van der Waals surface area contributed by atoms with Gasteiger partial charge in [-0.2, -0.15) is 4.31 Å². The molecule has 0 amide bonds. The molecule has 0 radical (unpaired) electrons. The smallest absolute Gasteiger partial charge is 0.207 e. The van der Waals surface area contributed by atoms with Crippen molar-refractivity contribution in [3.8, 4) is 0 Å². The second kappa shape index (κ2) is 6.04. The zero-order valence-electron chi connectivity index (χ0n) is 11.3. The fourth-order valence-electron chi connectivity index (χ4n) is 1.65. The van der Waals surface area contributed by atoms with Crippen LogP contribution < -0.4 is 0 Å². The van der Waals surface area contributed by atoms with Gasteiger partial charge in [-0.25, -0.2) is 8.42 Å². The van der Waals surface area contributed by atoms with Gasteiger partial charge >= 0.3 is 0 Å². The van der Waals surface area contributed by atoms with Crippen molar-refractivity contribution in [2.75, 3.05) is 7.05 Å². The number of alkyl halides is 1. The molecule has 0 aromatic heterocycles. The van der Waals surface area contributed by atoms with Crippen molar-refractivity contribution in [3.05, 3.63) is 29.3 Å². The van der Waals surface area contributed by atoms with Crippen molar-refractivity contribution in [1.82, 2.24) is 4.31 Å². The van der Waals surface area contributed by atoms with Crippen LogP contribution in [0.15, 0.2) is 23.1 Å². The normalized spacial score (nSPS) is 12.4. The summed E-state index contributed by atoms with van der Waals surface area (Å²) in [6, 6.07) is 5.33. The molecule has 1 rings (SSSR count). The predicted molar refractivity (Wildman–Crippen MR) is 75.5 cm³/mol. The molecule has 0 aliphatic heterocycles. The Hall–Kier alpha value is -0.580. The van der Waals surface area contributed by atoms with Crippen LogP contribution in [0.2, 0.25) is 0 Å². The van der Waals surface area contributed by atoms with Crippen molar-refractivity contribution in [2.24, 2.45) is 0 Å². The Morgan fingerprint density at radius 2 is 1.94 bits per heavy atom. The Morgan fingerprint density at radius 1 is 1.33 bits per heavy atom. The molecule has 0 unspecified atom stereocenters. The van der Waals surface area contributed by atoms with E-state index in [2.05, 4.69) is 0 Å². The molecule has 0 aliphatic carbocycles. The minimum Gasteiger partial charge on any atom is -0.207 e. The Morgan fingerprint density at radius 3 is 2.39 bits per heavy atom. The molecule has 3 nitrogen and oxygen atoms in total. The summed E-state index contributed by atoms with van der Waals surface area (Å²) in [5.41, 5.74) is 1.65. The molecular weight excluding hydrogens is 270 g/mol. The molecule has 18 heavy (non-hydrogen) atoms. The van der Waals surface area contributed by atoms with E-state index >= 15 is 0 Å². The number of benzene rings is 1. The summed E-state index contributed by atoms with van der Waals surface area (Å²) >= 11 is 5.78. The molecular formula is C13H20ClNO2S. The standard InChI is InChI=1S/C13H20ClNO2S/c1-5-12-7-6-11(9-14)8-13(12)18(16,17)15(4)10(2)3/h6-8,10H,5,9H2,1-4H3. The summed E-state index contributed by atoms with van der Waals surface area (Å²) in [5, 5.41) is 0. The lowest BCUT2D eigenvalue weighted by molar-refractivity contribution is 0.410. The van der Waals surface area contributed by atoms with Gasteiger partial charge in [-0.05, 0) is 37.5 Å². The van der Waals surface area contributed by atoms with Gasteiger partial charge in [-0.3, -0.25) is 0 Å². The first-order valence-electron chi connectivity index (χ1n) is 6.00. The predicted octanol–water partition coefficient (Wildman–Crippen LogP) is 3.02. The maximum atomic E-state index is 12.5. The van der Waals surface area contributed by atoms with E-state index in [1.165, 1.54) is 4.31 Å². The summed E-state index contributed by atoms with van der Waals surface area (Å²) in [4.78, 5) is 0.374. The molecule has 0 spiro atoms. The van der Waals surface area contributed by atoms with Crippen molar-refractivity contribution in [1.29, 1.82) is 0 Å². The number of rotatable bonds is 5. The highest BCUT2D eigenvalue weighted by atomic mass is 35.5. The highest BCUT2D eigenvalue weighted by molar-refractivity contribution is 7.89. The van der Waals surface area contributed by atoms with Crippen LogP contribution in [0.1, 0.15) is 31.9 Å². The van der Waals surface area contributed by atoms with Crippen LogP contribution in [-0.2, 0) is 22.3 Å². The van der Waals surface area contributed by atoms with E-state index in [9.17, 15) is 8.42 Å². The topological polar surface area (TPSA) is 37.4 Å². The van der Waals surface area contributed by atoms with Gasteiger partial charge < -0.3 is 0 Å². The van der Waals surface area contributed by atoms with E-state index < -0.39 is 10.0 Å². The van der Waals surface area contributed by atoms with Crippen LogP contribution in [-0.4, -0.2) is 25.8 Å². The Labute approximate surface area is 115 Å². The molecule has 0 saturated carbocycles. The van der Waals surface area contributed by atoms with Gasteiger partial charge in [0.15, 0.2) is 0 Å². The highest BCUT2D eigenvalue weighted by Crippen LogP contribution is 2.23. The summed E-state index contributed by atoms with van der Waals surface area (Å²) in [6.45, 7) is 5.66. The van der Waals surface area contributed by atoms with E-state index in [0.717, 1.165) is 11.1 Å². The van der Waals surface area contributed by atoms with Crippen molar-refractivity contribution in [2.45, 2.75) is 44.0 Å². The number of hydrogen-bond donors (Lipinski definition) is 0. The second-order valence-electron chi connectivity index (χ2n) is 4.54. The molecule has 0 fully saturated rings. The Balaban J connectivity index is 3.38. The first-order valence-corrected chi connectivity index (χ1v) is 7.97. The molecule has 0 aliphatic rings. The quantitative estimate of drug-likeness (QED) is 0.782. The van der Waals surface area contributed by atoms with Crippen molar-refractivity contribution >= 4 is 21.6 Å². The van der Waals surface area contributed by atoms with Crippen LogP contribution in [0.5, 0.6) is 0 Å². The third kappa shape index (κ3) is 3.05. The van der Waals surface area contributed by atoms with E-state index in [4.69, 9.17) is 11.6 Å². The van der Waals surface area contributed by atoms with E-state index in [1.54, 1.807) is 13.1 Å². The third-order valence-corrected chi connectivity index (χ3v) is 5.48. The molecule has 102 valence electrons. The van der Waals surface area contributed by atoms with Gasteiger partial charge in [0.05, 0.1) is 4.90 Å². The summed E-state index contributed by atoms with van der Waals surface area (Å²) in [7, 11) is -1.83. The number of sulfonamides is 1. The maximum absolute atomic E-state index is 12.5. The van der Waals surface area contributed by atoms with E-state index in [0.29, 0.717) is 17.2 Å². The maximum Gasteiger partial charge on any atom is 0.243 e. The van der Waals surface area contributed by atoms with Gasteiger partial charge in [0.25, 0.3) is 0 Å². The first-order chi connectivity index (χ1) is 8.34. The van der Waals surface area contributed by atoms with Gasteiger partial charge in [-0.15, -0.1) is 11.6 Å². The molecule has 1 aromatic rings. The Kier molecular flexibility index (Phi) is 5.20. The molecule has 0 atom stereocenters. The summed E-state index contributed by atoms with van der Waals surface area (Å²) < 4.78 is 26.4. The zero-order chi connectivity index (χ0) is 13.9. The SMILES string of the molecule is CCc1ccc(CCl)cc1S(=O)(=O)N(C)C(C)C. The molecule has 0 N–H and O–H groups in total. The average molecular weight is 290 g/mol. The fourth-order valence-corrected chi connectivity index (χ4v) is 3.52. The minimum absolute atomic E-state index is 0.0700. The average Bonchev–Trinajstić information content (AvgIpc) is 2.36. The number of aryl methyl sites for hydroxylation is 1. The highest BCUT2D eigenvalue weighted by Gasteiger charge is 2.25. The molecule has 0 saturated heterocycles. The zero-order valence-corrected chi connectivity index (χ0v) is 12.8. The third-order valence-electron chi connectivity index (χ3n) is 3.05. The Bertz CT molecular complexity index is 512. The van der Waals surface area contributed by atoms with Gasteiger partial charge in [-0.1, -0.05) is 19.1 Å². The lowest BCUT2D eigenvalue weighted by Gasteiger charge is -2.22. The van der Waals surface area contributed by atoms with E-state index in [1.807, 2.05) is 32.9 Å². The molecule has 5 heteroatoms. The number of nitrogens with zero attached hydrogens (tertiary/aromatic N) is 1. The van der Waals surface area contributed by atoms with Crippen LogP contribution in [0.25, 0.3) is 0 Å². The second-order valence-corrected chi connectivity index (χ2v) is 6.78. The monoisotopic (exact) mass is 289 g/mol. The number of halogens is 1. The first kappa shape index (κ1) is 15.5. The minimum atomic E-state index is -3.44. The van der Waals surface area contributed by atoms with Crippen LogP contribution in [0, 0.1) is 0 Å². The molecule has 1 aromatic carbocycles. The summed E-state index contributed by atoms with van der Waals surface area (Å²) in [5.74, 6) is 0.317. The van der Waals surface area contributed by atoms with Crippen LogP contribution >= 0.6 is 11.6 Å². The molecule has 0 heterocycles. The lowest BCUT2D eigenvalue weighted by Crippen LogP contribution is -2.33. The summed E-state index contributed by atoms with van der Waals surface area (Å²) in [6.07, 6.45) is 0.684. The van der Waals surface area contributed by atoms with Gasteiger partial charge in [0.1, 0.15) is 0 Å². The largest absolute Gasteiger partial charge is 0.243 e. The lowest BCUT2D eigenvalue weighted by atomic mass is 10.1. The van der Waals surface area contributed by atoms with Crippen molar-refractivity contribution < 1.29 is 8.42 Å². The van der Waals surface area contributed by atoms with Crippen molar-refractivity contribution in [3.63, 3.8) is 0 Å². The molecule has 0 bridgehead atoms. The fraction of sp³-hybridized carbons (Fsp3) is 0.538. The van der Waals surface area contributed by atoms with Crippen LogP contribution in [0.3, 0.4) is 0 Å². The van der Waals surface area contributed by atoms with Gasteiger partial charge in [0, 0.05) is 19.0 Å². The van der Waals surface area contributed by atoms with Gasteiger partial charge in [0.2, 0.25) is 10.0 Å². The van der Waals surface area contributed by atoms with Crippen LogP contribution in [0.4, 0.5) is 0 Å².